The van der Waals surface area contributed by atoms with Crippen LogP contribution in [0.2, 0.25) is 0 Å². The molecule has 0 saturated heterocycles. The number of benzene rings is 1. The Morgan fingerprint density at radius 2 is 2.08 bits per heavy atom. The zero-order valence-electron chi connectivity index (χ0n) is 15.0. The minimum Gasteiger partial charge on any atom is -0.295 e. The second-order valence-electron chi connectivity index (χ2n) is 7.03. The van der Waals surface area contributed by atoms with Gasteiger partial charge < -0.3 is 0 Å². The highest BCUT2D eigenvalue weighted by Gasteiger charge is 2.24. The molecule has 0 radical (unpaired) electrons. The van der Waals surface area contributed by atoms with E-state index in [2.05, 4.69) is 46.3 Å². The number of nitrogens with zero attached hydrogens (tertiary/aromatic N) is 4. The first kappa shape index (κ1) is 17.2. The van der Waals surface area contributed by atoms with Crippen LogP contribution < -0.4 is 0 Å². The number of rotatable bonds is 4. The van der Waals surface area contributed by atoms with Crippen LogP contribution >= 0.6 is 0 Å². The zero-order valence-corrected chi connectivity index (χ0v) is 15.8. The van der Waals surface area contributed by atoms with E-state index in [0.29, 0.717) is 11.7 Å². The fourth-order valence-electron chi connectivity index (χ4n) is 3.82. The highest BCUT2D eigenvalue weighted by Crippen LogP contribution is 2.34. The topological polar surface area (TPSA) is 67.6 Å². The highest BCUT2D eigenvalue weighted by atomic mass is 32.2. The monoisotopic (exact) mass is 370 g/mol. The van der Waals surface area contributed by atoms with E-state index in [1.807, 2.05) is 6.20 Å². The molecule has 0 amide bonds. The van der Waals surface area contributed by atoms with Gasteiger partial charge in [-0.1, -0.05) is 24.3 Å². The van der Waals surface area contributed by atoms with E-state index in [1.54, 1.807) is 10.7 Å². The molecule has 4 rings (SSSR count). The molecule has 6 nitrogen and oxygen atoms in total. The van der Waals surface area contributed by atoms with Gasteiger partial charge in [-0.3, -0.25) is 4.90 Å². The summed E-state index contributed by atoms with van der Waals surface area (Å²) in [5, 5.41) is 4.16. The average molecular weight is 370 g/mol. The van der Waals surface area contributed by atoms with Crippen LogP contribution in [0, 0.1) is 0 Å². The number of aromatic nitrogens is 3. The van der Waals surface area contributed by atoms with Crippen molar-refractivity contribution in [3.63, 3.8) is 0 Å². The van der Waals surface area contributed by atoms with Crippen molar-refractivity contribution in [1.29, 1.82) is 0 Å². The maximum absolute atomic E-state index is 11.8. The maximum Gasteiger partial charge on any atom is 0.180 e. The predicted octanol–water partition coefficient (Wildman–Crippen LogP) is 2.64. The van der Waals surface area contributed by atoms with Gasteiger partial charge in [-0.05, 0) is 37.4 Å². The molecule has 1 aliphatic carbocycles. The molecule has 2 heterocycles. The summed E-state index contributed by atoms with van der Waals surface area (Å²) >= 11 is 0. The largest absolute Gasteiger partial charge is 0.295 e. The number of aryl methyl sites for hydroxylation is 1. The van der Waals surface area contributed by atoms with Crippen LogP contribution in [0.1, 0.15) is 35.6 Å². The Balaban J connectivity index is 1.60. The Kier molecular flexibility index (Phi) is 4.28. The summed E-state index contributed by atoms with van der Waals surface area (Å²) in [6.45, 7) is 0.732. The SMILES string of the molecule is CN(Cc1cnc2c(S(C)(=O)=O)cnn2c1)C1CCCc2ccccc21. The summed E-state index contributed by atoms with van der Waals surface area (Å²) in [4.78, 5) is 6.85. The van der Waals surface area contributed by atoms with E-state index in [9.17, 15) is 8.42 Å². The molecule has 3 aromatic rings. The van der Waals surface area contributed by atoms with E-state index in [1.165, 1.54) is 30.0 Å². The van der Waals surface area contributed by atoms with Gasteiger partial charge in [0.2, 0.25) is 0 Å². The first-order valence-electron chi connectivity index (χ1n) is 8.74. The molecular formula is C19H22N4O2S. The Morgan fingerprint density at radius 3 is 2.88 bits per heavy atom. The molecule has 1 aliphatic rings. The lowest BCUT2D eigenvalue weighted by molar-refractivity contribution is 0.213. The second kappa shape index (κ2) is 6.48. The molecule has 2 aromatic heterocycles. The van der Waals surface area contributed by atoms with Crippen molar-refractivity contribution in [2.45, 2.75) is 36.7 Å². The van der Waals surface area contributed by atoms with E-state index in [4.69, 9.17) is 0 Å². The molecule has 1 atom stereocenters. The van der Waals surface area contributed by atoms with Crippen LogP contribution in [0.3, 0.4) is 0 Å². The molecule has 0 saturated carbocycles. The summed E-state index contributed by atoms with van der Waals surface area (Å²) in [5.41, 5.74) is 4.23. The first-order valence-corrected chi connectivity index (χ1v) is 10.6. The second-order valence-corrected chi connectivity index (χ2v) is 9.02. The highest BCUT2D eigenvalue weighted by molar-refractivity contribution is 7.90. The molecular weight excluding hydrogens is 348 g/mol. The van der Waals surface area contributed by atoms with Crippen molar-refractivity contribution in [1.82, 2.24) is 19.5 Å². The maximum atomic E-state index is 11.8. The number of sulfone groups is 1. The molecule has 0 fully saturated rings. The fraction of sp³-hybridized carbons (Fsp3) is 0.368. The lowest BCUT2D eigenvalue weighted by Gasteiger charge is -2.33. The van der Waals surface area contributed by atoms with Crippen molar-refractivity contribution in [2.75, 3.05) is 13.3 Å². The van der Waals surface area contributed by atoms with Gasteiger partial charge in [0, 0.05) is 36.8 Å². The Labute approximate surface area is 153 Å². The zero-order chi connectivity index (χ0) is 18.3. The average Bonchev–Trinajstić information content (AvgIpc) is 3.04. The van der Waals surface area contributed by atoms with E-state index in [0.717, 1.165) is 24.9 Å². The Bertz CT molecular complexity index is 1060. The van der Waals surface area contributed by atoms with Gasteiger partial charge in [0.1, 0.15) is 4.90 Å². The van der Waals surface area contributed by atoms with Gasteiger partial charge in [-0.25, -0.2) is 17.9 Å². The third-order valence-corrected chi connectivity index (χ3v) is 6.17. The Hall–Kier alpha value is -2.25. The van der Waals surface area contributed by atoms with Gasteiger partial charge in [0.15, 0.2) is 15.5 Å². The van der Waals surface area contributed by atoms with E-state index < -0.39 is 9.84 Å². The molecule has 0 N–H and O–H groups in total. The van der Waals surface area contributed by atoms with Crippen molar-refractivity contribution in [2.24, 2.45) is 0 Å². The normalized spacial score (nSPS) is 17.6. The summed E-state index contributed by atoms with van der Waals surface area (Å²) in [7, 11) is -1.20. The number of fused-ring (bicyclic) bond motifs is 2. The van der Waals surface area contributed by atoms with Gasteiger partial charge in [-0.15, -0.1) is 0 Å². The quantitative estimate of drug-likeness (QED) is 0.706. The van der Waals surface area contributed by atoms with Crippen LogP contribution in [0.25, 0.3) is 5.65 Å². The summed E-state index contributed by atoms with van der Waals surface area (Å²) < 4.78 is 25.1. The van der Waals surface area contributed by atoms with Gasteiger partial charge in [0.05, 0.1) is 6.20 Å². The van der Waals surface area contributed by atoms with Crippen LogP contribution in [0.15, 0.2) is 47.8 Å². The molecule has 0 bridgehead atoms. The smallest absolute Gasteiger partial charge is 0.180 e. The minimum absolute atomic E-state index is 0.165. The van der Waals surface area contributed by atoms with Crippen molar-refractivity contribution in [3.05, 3.63) is 59.5 Å². The fourth-order valence-corrected chi connectivity index (χ4v) is 4.54. The Morgan fingerprint density at radius 1 is 1.27 bits per heavy atom. The molecule has 7 heteroatoms. The van der Waals surface area contributed by atoms with E-state index in [-0.39, 0.29) is 4.90 Å². The van der Waals surface area contributed by atoms with Gasteiger partial charge >= 0.3 is 0 Å². The van der Waals surface area contributed by atoms with Crippen molar-refractivity contribution in [3.8, 4) is 0 Å². The third kappa shape index (κ3) is 3.12. The number of hydrogen-bond donors (Lipinski definition) is 0. The minimum atomic E-state index is -3.33. The van der Waals surface area contributed by atoms with Gasteiger partial charge in [0.25, 0.3) is 0 Å². The van der Waals surface area contributed by atoms with Crippen LogP contribution in [-0.2, 0) is 22.8 Å². The van der Waals surface area contributed by atoms with E-state index >= 15 is 0 Å². The number of hydrogen-bond acceptors (Lipinski definition) is 5. The van der Waals surface area contributed by atoms with Gasteiger partial charge in [-0.2, -0.15) is 5.10 Å². The first-order chi connectivity index (χ1) is 12.4. The summed E-state index contributed by atoms with van der Waals surface area (Å²) in [6, 6.07) is 9.05. The van der Waals surface area contributed by atoms with Crippen molar-refractivity contribution < 1.29 is 8.42 Å². The van der Waals surface area contributed by atoms with Crippen LogP contribution in [0.4, 0.5) is 0 Å². The lowest BCUT2D eigenvalue weighted by Crippen LogP contribution is -2.27. The molecule has 0 spiro atoms. The standard InChI is InChI=1S/C19H22N4O2S/c1-22(17-9-5-7-15-6-3-4-8-16(15)17)12-14-10-20-19-18(26(2,24)25)11-21-23(19)13-14/h3-4,6,8,10-11,13,17H,5,7,9,12H2,1-2H3. The van der Waals surface area contributed by atoms with Crippen LogP contribution in [-0.4, -0.2) is 41.2 Å². The summed E-state index contributed by atoms with van der Waals surface area (Å²) in [6.07, 6.45) is 9.63. The molecule has 1 aromatic carbocycles. The molecule has 26 heavy (non-hydrogen) atoms. The summed E-state index contributed by atoms with van der Waals surface area (Å²) in [5.74, 6) is 0. The molecule has 0 aliphatic heterocycles. The lowest BCUT2D eigenvalue weighted by atomic mass is 9.87. The molecule has 136 valence electrons. The van der Waals surface area contributed by atoms with Crippen LogP contribution in [0.5, 0.6) is 0 Å². The predicted molar refractivity (Wildman–Crippen MR) is 99.7 cm³/mol. The molecule has 1 unspecified atom stereocenters. The third-order valence-electron chi connectivity index (χ3n) is 5.08. The van der Waals surface area contributed by atoms with Crippen molar-refractivity contribution >= 4 is 15.5 Å².